The normalized spacial score (nSPS) is 18.4. The number of likely N-dealkylation sites (N-methyl/N-ethyl adjacent to an activating group) is 1. The van der Waals surface area contributed by atoms with Gasteiger partial charge < -0.3 is 38.3 Å². The molecule has 168 valence electrons. The van der Waals surface area contributed by atoms with Crippen molar-refractivity contribution in [2.75, 3.05) is 32.8 Å². The standard InChI is InChI=1S/C25H44NO2.HI/c1-7-26(16-10-8-9-11-17-26)18-22(27)19-28-23-14-12-21(13-15-23)25(5,6)20-24(2,3)4;/h12-15,22,27H,7-11,16-20H2,1-6H3;1H/q+1;/p-1. The largest absolute Gasteiger partial charge is 1.00 e. The molecule has 0 aromatic heterocycles. The SMILES string of the molecule is CC[N+]1(CC(O)COc2ccc(C(C)(C)CC(C)(C)C)cc2)CCCCCC1.[I-]. The minimum Gasteiger partial charge on any atom is -1.00 e. The number of ether oxygens (including phenoxy) is 1. The highest BCUT2D eigenvalue weighted by Crippen LogP contribution is 2.36. The highest BCUT2D eigenvalue weighted by molar-refractivity contribution is 5.31. The first-order chi connectivity index (χ1) is 13.1. The molecule has 1 fully saturated rings. The van der Waals surface area contributed by atoms with Gasteiger partial charge in [0.2, 0.25) is 0 Å². The van der Waals surface area contributed by atoms with Crippen molar-refractivity contribution in [3.8, 4) is 5.75 Å². The first kappa shape index (κ1) is 26.7. The Labute approximate surface area is 196 Å². The molecule has 0 bridgehead atoms. The van der Waals surface area contributed by atoms with Crippen LogP contribution in [0.4, 0.5) is 0 Å². The second-order valence-corrected chi connectivity index (χ2v) is 10.8. The summed E-state index contributed by atoms with van der Waals surface area (Å²) in [5.41, 5.74) is 1.78. The van der Waals surface area contributed by atoms with Crippen molar-refractivity contribution in [3.63, 3.8) is 0 Å². The van der Waals surface area contributed by atoms with E-state index in [-0.39, 0.29) is 29.4 Å². The lowest BCUT2D eigenvalue weighted by Crippen LogP contribution is -3.00. The summed E-state index contributed by atoms with van der Waals surface area (Å²) in [7, 11) is 0. The molecule has 2 rings (SSSR count). The van der Waals surface area contributed by atoms with E-state index in [2.05, 4.69) is 65.8 Å². The topological polar surface area (TPSA) is 29.5 Å². The van der Waals surface area contributed by atoms with Gasteiger partial charge in [0.1, 0.15) is 25.0 Å². The van der Waals surface area contributed by atoms with E-state index >= 15 is 0 Å². The minimum absolute atomic E-state index is 0. The minimum atomic E-state index is -0.407. The molecule has 0 saturated carbocycles. The molecule has 1 aromatic rings. The number of aliphatic hydroxyl groups is 1. The van der Waals surface area contributed by atoms with Crippen LogP contribution in [0.15, 0.2) is 24.3 Å². The van der Waals surface area contributed by atoms with Crippen LogP contribution in [0.25, 0.3) is 0 Å². The van der Waals surface area contributed by atoms with Gasteiger partial charge in [-0.2, -0.15) is 0 Å². The third-order valence-electron chi connectivity index (χ3n) is 6.33. The number of likely N-dealkylation sites (tertiary alicyclic amines) is 1. The Bertz CT molecular complexity index is 584. The van der Waals surface area contributed by atoms with Crippen LogP contribution in [-0.4, -0.2) is 48.5 Å². The van der Waals surface area contributed by atoms with E-state index in [1.165, 1.54) is 44.3 Å². The number of quaternary nitrogens is 1. The smallest absolute Gasteiger partial charge is 0.137 e. The fraction of sp³-hybridized carbons (Fsp3) is 0.760. The van der Waals surface area contributed by atoms with E-state index < -0.39 is 6.10 Å². The number of benzene rings is 1. The van der Waals surface area contributed by atoms with Crippen LogP contribution < -0.4 is 28.7 Å². The van der Waals surface area contributed by atoms with E-state index in [9.17, 15) is 5.11 Å². The maximum Gasteiger partial charge on any atom is 0.137 e. The Hall–Kier alpha value is -0.330. The zero-order valence-corrected chi connectivity index (χ0v) is 21.8. The summed E-state index contributed by atoms with van der Waals surface area (Å²) in [6, 6.07) is 8.48. The maximum atomic E-state index is 10.6. The second-order valence-electron chi connectivity index (χ2n) is 10.8. The average molecular weight is 518 g/mol. The fourth-order valence-corrected chi connectivity index (χ4v) is 5.11. The summed E-state index contributed by atoms with van der Waals surface area (Å²) in [4.78, 5) is 0. The van der Waals surface area contributed by atoms with Crippen LogP contribution in [0.1, 0.15) is 79.2 Å². The molecule has 1 atom stereocenters. The summed E-state index contributed by atoms with van der Waals surface area (Å²) in [5.74, 6) is 0.855. The third kappa shape index (κ3) is 8.74. The molecule has 0 amide bonds. The molecule has 1 aliphatic heterocycles. The highest BCUT2D eigenvalue weighted by Gasteiger charge is 2.30. The molecule has 0 aliphatic carbocycles. The van der Waals surface area contributed by atoms with Crippen molar-refractivity contribution in [3.05, 3.63) is 29.8 Å². The summed E-state index contributed by atoms with van der Waals surface area (Å²) in [6.45, 7) is 18.5. The Morgan fingerprint density at radius 3 is 2.00 bits per heavy atom. The Morgan fingerprint density at radius 2 is 1.52 bits per heavy atom. The summed E-state index contributed by atoms with van der Waals surface area (Å²) in [6.07, 6.45) is 5.97. The fourth-order valence-electron chi connectivity index (χ4n) is 5.11. The predicted octanol–water partition coefficient (Wildman–Crippen LogP) is 2.55. The molecule has 29 heavy (non-hydrogen) atoms. The van der Waals surface area contributed by atoms with Gasteiger partial charge in [0.15, 0.2) is 0 Å². The molecule has 1 aliphatic rings. The number of aliphatic hydroxyl groups excluding tert-OH is 1. The number of halogens is 1. The van der Waals surface area contributed by atoms with Crippen LogP contribution >= 0.6 is 0 Å². The predicted molar refractivity (Wildman–Crippen MR) is 119 cm³/mol. The van der Waals surface area contributed by atoms with Gasteiger partial charge in [-0.3, -0.25) is 0 Å². The van der Waals surface area contributed by atoms with E-state index in [4.69, 9.17) is 4.74 Å². The van der Waals surface area contributed by atoms with Crippen molar-refractivity contribution < 1.29 is 38.3 Å². The van der Waals surface area contributed by atoms with E-state index in [1.807, 2.05) is 0 Å². The quantitative estimate of drug-likeness (QED) is 0.425. The molecule has 0 radical (unpaired) electrons. The van der Waals surface area contributed by atoms with Gasteiger partial charge >= 0.3 is 0 Å². The molecule has 1 aromatic carbocycles. The number of nitrogens with zero attached hydrogens (tertiary/aromatic N) is 1. The number of hydrogen-bond donors (Lipinski definition) is 1. The third-order valence-corrected chi connectivity index (χ3v) is 6.33. The van der Waals surface area contributed by atoms with Crippen molar-refractivity contribution in [1.82, 2.24) is 0 Å². The Kier molecular flexibility index (Phi) is 10.4. The van der Waals surface area contributed by atoms with Gasteiger partial charge in [-0.15, -0.1) is 0 Å². The lowest BCUT2D eigenvalue weighted by molar-refractivity contribution is -0.928. The first-order valence-corrected chi connectivity index (χ1v) is 11.3. The highest BCUT2D eigenvalue weighted by atomic mass is 127. The summed E-state index contributed by atoms with van der Waals surface area (Å²) < 4.78 is 6.98. The van der Waals surface area contributed by atoms with Gasteiger partial charge in [-0.05, 0) is 67.6 Å². The van der Waals surface area contributed by atoms with Crippen molar-refractivity contribution in [1.29, 1.82) is 0 Å². The lowest BCUT2D eigenvalue weighted by atomic mass is 9.72. The van der Waals surface area contributed by atoms with Crippen LogP contribution in [0, 0.1) is 5.41 Å². The van der Waals surface area contributed by atoms with Gasteiger partial charge in [0.25, 0.3) is 0 Å². The van der Waals surface area contributed by atoms with Gasteiger partial charge in [-0.25, -0.2) is 0 Å². The zero-order valence-electron chi connectivity index (χ0n) is 19.6. The Morgan fingerprint density at radius 1 is 0.966 bits per heavy atom. The van der Waals surface area contributed by atoms with Crippen LogP contribution in [-0.2, 0) is 5.41 Å². The molecular weight excluding hydrogens is 473 g/mol. The average Bonchev–Trinajstić information content (AvgIpc) is 2.84. The van der Waals surface area contributed by atoms with Gasteiger partial charge in [0.05, 0.1) is 19.6 Å². The van der Waals surface area contributed by atoms with Crippen LogP contribution in [0.2, 0.25) is 0 Å². The summed E-state index contributed by atoms with van der Waals surface area (Å²) in [5, 5.41) is 10.6. The molecule has 1 unspecified atom stereocenters. The van der Waals surface area contributed by atoms with Crippen molar-refractivity contribution in [2.24, 2.45) is 5.41 Å². The van der Waals surface area contributed by atoms with Crippen LogP contribution in [0.5, 0.6) is 5.75 Å². The van der Waals surface area contributed by atoms with Crippen molar-refractivity contribution >= 4 is 0 Å². The molecule has 1 saturated heterocycles. The summed E-state index contributed by atoms with van der Waals surface area (Å²) >= 11 is 0. The Balaban J connectivity index is 0.00000420. The van der Waals surface area contributed by atoms with E-state index in [1.54, 1.807) is 0 Å². The molecular formula is C25H44INO2. The molecule has 1 heterocycles. The first-order valence-electron chi connectivity index (χ1n) is 11.3. The molecule has 3 nitrogen and oxygen atoms in total. The molecule has 0 spiro atoms. The lowest BCUT2D eigenvalue weighted by Gasteiger charge is -2.38. The van der Waals surface area contributed by atoms with Crippen LogP contribution in [0.3, 0.4) is 0 Å². The molecule has 1 N–H and O–H groups in total. The van der Waals surface area contributed by atoms with E-state index in [0.29, 0.717) is 12.0 Å². The second kappa shape index (κ2) is 11.3. The maximum absolute atomic E-state index is 10.6. The monoisotopic (exact) mass is 517 g/mol. The van der Waals surface area contributed by atoms with Gasteiger partial charge in [0, 0.05) is 0 Å². The van der Waals surface area contributed by atoms with Crippen molar-refractivity contribution in [2.45, 2.75) is 85.2 Å². The molecule has 4 heteroatoms. The number of rotatable bonds is 8. The zero-order chi connectivity index (χ0) is 20.8. The van der Waals surface area contributed by atoms with E-state index in [0.717, 1.165) is 29.7 Å². The van der Waals surface area contributed by atoms with Gasteiger partial charge in [-0.1, -0.05) is 46.8 Å². The number of hydrogen-bond acceptors (Lipinski definition) is 2.